The zero-order chi connectivity index (χ0) is 36.4. The van der Waals surface area contributed by atoms with E-state index in [-0.39, 0.29) is 12.0 Å². The van der Waals surface area contributed by atoms with Crippen LogP contribution in [0.25, 0.3) is 0 Å². The van der Waals surface area contributed by atoms with E-state index in [1.54, 1.807) is 18.2 Å². The second-order valence-corrected chi connectivity index (χ2v) is 10.2. The van der Waals surface area contributed by atoms with Crippen LogP contribution in [0.1, 0.15) is 43.7 Å². The zero-order valence-electron chi connectivity index (χ0n) is 27.1. The molecular weight excluding hydrogens is 654 g/mol. The molecule has 0 aliphatic rings. The summed E-state index contributed by atoms with van der Waals surface area (Å²) in [5.41, 5.74) is -7.32. The molecule has 0 bridgehead atoms. The van der Waals surface area contributed by atoms with Gasteiger partial charge in [-0.2, -0.15) is 26.3 Å². The third-order valence-corrected chi connectivity index (χ3v) is 7.03. The Bertz CT molecular complexity index is 1560. The Morgan fingerprint density at radius 2 is 1.22 bits per heavy atom. The first-order valence-corrected chi connectivity index (χ1v) is 15.0. The van der Waals surface area contributed by atoms with E-state index in [2.05, 4.69) is 28.4 Å². The predicted octanol–water partition coefficient (Wildman–Crippen LogP) is 7.91. The van der Waals surface area contributed by atoms with Crippen molar-refractivity contribution < 1.29 is 54.9 Å². The summed E-state index contributed by atoms with van der Waals surface area (Å²) in [4.78, 5) is 25.4. The van der Waals surface area contributed by atoms with Crippen LogP contribution in [0.3, 0.4) is 0 Å². The van der Waals surface area contributed by atoms with Crippen LogP contribution >= 0.6 is 0 Å². The number of carbonyl (C=O) groups excluding carboxylic acids is 2. The van der Waals surface area contributed by atoms with Gasteiger partial charge in [-0.3, -0.25) is 0 Å². The number of halogens is 6. The number of benzene rings is 2. The molecule has 0 aromatic heterocycles. The van der Waals surface area contributed by atoms with Crippen LogP contribution in [-0.2, 0) is 39.7 Å². The molecule has 2 rings (SSSR count). The van der Waals surface area contributed by atoms with Gasteiger partial charge < -0.3 is 18.9 Å². The number of hydrogen-bond acceptors (Lipinski definition) is 6. The van der Waals surface area contributed by atoms with Crippen LogP contribution in [0.5, 0.6) is 0 Å². The normalized spacial score (nSPS) is 15.0. The average Bonchev–Trinajstić information content (AvgIpc) is 3.05. The topological polar surface area (TPSA) is 71.1 Å². The van der Waals surface area contributed by atoms with Crippen LogP contribution in [0.2, 0.25) is 0 Å². The van der Waals surface area contributed by atoms with Crippen molar-refractivity contribution >= 4 is 11.9 Å². The van der Waals surface area contributed by atoms with Gasteiger partial charge in [0, 0.05) is 25.3 Å². The van der Waals surface area contributed by atoms with Gasteiger partial charge in [0.2, 0.25) is 0 Å². The van der Waals surface area contributed by atoms with E-state index >= 15 is 0 Å². The molecule has 2 aromatic rings. The lowest BCUT2D eigenvalue weighted by atomic mass is 9.92. The van der Waals surface area contributed by atoms with Crippen molar-refractivity contribution in [2.75, 3.05) is 20.8 Å². The molecule has 3 atom stereocenters. The van der Waals surface area contributed by atoms with E-state index in [0.717, 1.165) is 38.5 Å². The molecule has 2 aromatic carbocycles. The Labute approximate surface area is 281 Å². The SMILES string of the molecule is CCC[C@@H](CC/C=C/C=C/C#CC#C/C=C\COC(=O)[C@@](OC)(c1ccccc1)C(F)(F)F)OC(=O)[C@@](OC)(c1ccccc1)C(F)(F)F. The number of hydrogen-bond donors (Lipinski definition) is 0. The second-order valence-electron chi connectivity index (χ2n) is 10.2. The molecule has 0 fully saturated rings. The van der Waals surface area contributed by atoms with Crippen molar-refractivity contribution in [3.63, 3.8) is 0 Å². The Morgan fingerprint density at radius 3 is 1.71 bits per heavy atom. The molecule has 262 valence electrons. The summed E-state index contributed by atoms with van der Waals surface area (Å²) >= 11 is 0. The maximum Gasteiger partial charge on any atom is 0.432 e. The number of rotatable bonds is 15. The lowest BCUT2D eigenvalue weighted by Gasteiger charge is -2.33. The molecule has 0 spiro atoms. The van der Waals surface area contributed by atoms with Gasteiger partial charge in [-0.05, 0) is 49.3 Å². The Morgan fingerprint density at radius 1 is 0.714 bits per heavy atom. The van der Waals surface area contributed by atoms with Gasteiger partial charge in [0.25, 0.3) is 11.2 Å². The minimum absolute atomic E-state index is 0.282. The number of allylic oxidation sites excluding steroid dienone is 5. The quantitative estimate of drug-likeness (QED) is 0.0820. The van der Waals surface area contributed by atoms with Crippen molar-refractivity contribution in [1.82, 2.24) is 0 Å². The van der Waals surface area contributed by atoms with Crippen LogP contribution in [0.4, 0.5) is 26.3 Å². The van der Waals surface area contributed by atoms with Gasteiger partial charge in [-0.25, -0.2) is 9.59 Å². The maximum absolute atomic E-state index is 14.2. The third-order valence-electron chi connectivity index (χ3n) is 7.03. The van der Waals surface area contributed by atoms with Crippen LogP contribution in [-0.4, -0.2) is 51.2 Å². The first kappa shape index (κ1) is 40.4. The van der Waals surface area contributed by atoms with Gasteiger partial charge >= 0.3 is 24.3 Å². The number of alkyl halides is 6. The van der Waals surface area contributed by atoms with Gasteiger partial charge in [-0.15, -0.1) is 0 Å². The first-order valence-electron chi connectivity index (χ1n) is 15.0. The monoisotopic (exact) mass is 690 g/mol. The standard InChI is InChI=1S/C37H36F6O6/c1-4-22-31(49-33(45)35(47-3,37(41,42)43)30-25-18-15-19-26-30)27-20-12-10-8-6-5-7-9-11-13-21-28-48-32(44)34(46-2,36(38,39)40)29-23-16-14-17-24-29/h6,8,10,12-19,21,23-26,31H,4,20,22,27-28H2,1-3H3/b8-6+,12-10+,21-13-/t31-,34-,35-/m0/s1. The van der Waals surface area contributed by atoms with E-state index < -0.39 is 53.8 Å². The average molecular weight is 691 g/mol. The van der Waals surface area contributed by atoms with Crippen LogP contribution in [0.15, 0.2) is 97.1 Å². The highest BCUT2D eigenvalue weighted by atomic mass is 19.4. The van der Waals surface area contributed by atoms with Crippen molar-refractivity contribution in [3.8, 4) is 23.7 Å². The molecule has 6 nitrogen and oxygen atoms in total. The fraction of sp³-hybridized carbons (Fsp3) is 0.351. The Kier molecular flexibility index (Phi) is 15.9. The Hall–Kier alpha value is -4.78. The van der Waals surface area contributed by atoms with E-state index in [9.17, 15) is 35.9 Å². The fourth-order valence-electron chi connectivity index (χ4n) is 4.64. The highest BCUT2D eigenvalue weighted by molar-refractivity contribution is 5.83. The summed E-state index contributed by atoms with van der Waals surface area (Å²) in [6.45, 7) is 1.34. The zero-order valence-corrected chi connectivity index (χ0v) is 27.1. The maximum atomic E-state index is 14.2. The lowest BCUT2D eigenvalue weighted by Crippen LogP contribution is -2.52. The van der Waals surface area contributed by atoms with Gasteiger partial charge in [0.05, 0.1) is 0 Å². The van der Waals surface area contributed by atoms with Crippen molar-refractivity contribution in [2.45, 2.75) is 62.3 Å². The highest BCUT2D eigenvalue weighted by Crippen LogP contribution is 2.44. The number of esters is 2. The molecule has 0 saturated heterocycles. The molecule has 0 heterocycles. The lowest BCUT2D eigenvalue weighted by molar-refractivity contribution is -0.278. The van der Waals surface area contributed by atoms with Crippen molar-refractivity contribution in [2.24, 2.45) is 0 Å². The second kappa shape index (κ2) is 19.3. The number of ether oxygens (including phenoxy) is 4. The Balaban J connectivity index is 1.88. The van der Waals surface area contributed by atoms with Crippen LogP contribution < -0.4 is 0 Å². The summed E-state index contributed by atoms with van der Waals surface area (Å²) in [7, 11) is 1.59. The minimum Gasteiger partial charge on any atom is -0.460 e. The van der Waals surface area contributed by atoms with Crippen molar-refractivity contribution in [1.29, 1.82) is 0 Å². The van der Waals surface area contributed by atoms with Gasteiger partial charge in [0.15, 0.2) is 0 Å². The summed E-state index contributed by atoms with van der Waals surface area (Å²) in [5.74, 6) is 7.07. The minimum atomic E-state index is -5.07. The van der Waals surface area contributed by atoms with Crippen LogP contribution in [0, 0.1) is 23.7 Å². The summed E-state index contributed by atoms with van der Waals surface area (Å²) in [6, 6.07) is 13.1. The number of carbonyl (C=O) groups is 2. The summed E-state index contributed by atoms with van der Waals surface area (Å²) in [6.07, 6.45) is -0.266. The molecule has 0 unspecified atom stereocenters. The van der Waals surface area contributed by atoms with Gasteiger partial charge in [-0.1, -0.05) is 104 Å². The molecule has 49 heavy (non-hydrogen) atoms. The molecule has 0 aliphatic heterocycles. The molecule has 0 N–H and O–H groups in total. The fourth-order valence-corrected chi connectivity index (χ4v) is 4.64. The van der Waals surface area contributed by atoms with E-state index in [1.165, 1.54) is 54.6 Å². The van der Waals surface area contributed by atoms with E-state index in [0.29, 0.717) is 19.3 Å². The highest BCUT2D eigenvalue weighted by Gasteiger charge is 2.65. The van der Waals surface area contributed by atoms with Crippen molar-refractivity contribution in [3.05, 3.63) is 108 Å². The molecule has 0 aliphatic carbocycles. The third kappa shape index (κ3) is 10.6. The number of methoxy groups -OCH3 is 2. The smallest absolute Gasteiger partial charge is 0.432 e. The predicted molar refractivity (Wildman–Crippen MR) is 170 cm³/mol. The summed E-state index contributed by atoms with van der Waals surface area (Å²) < 4.78 is 104. The molecular formula is C37H36F6O6. The van der Waals surface area contributed by atoms with Gasteiger partial charge in [0.1, 0.15) is 12.7 Å². The van der Waals surface area contributed by atoms with E-state index in [4.69, 9.17) is 14.2 Å². The molecule has 12 heteroatoms. The molecule has 0 amide bonds. The molecule has 0 radical (unpaired) electrons. The summed E-state index contributed by atoms with van der Waals surface area (Å²) in [5, 5.41) is 0. The molecule has 0 saturated carbocycles. The van der Waals surface area contributed by atoms with E-state index in [1.807, 2.05) is 6.92 Å². The largest absolute Gasteiger partial charge is 0.460 e. The first-order chi connectivity index (χ1) is 23.3.